The first kappa shape index (κ1) is 13.7. The van der Waals surface area contributed by atoms with E-state index >= 15 is 0 Å². The van der Waals surface area contributed by atoms with Crippen molar-refractivity contribution in [3.05, 3.63) is 28.7 Å². The summed E-state index contributed by atoms with van der Waals surface area (Å²) < 4.78 is 6.38. The van der Waals surface area contributed by atoms with Gasteiger partial charge in [-0.15, -0.1) is 5.10 Å². The number of carbonyl (C=O) groups is 1. The number of hydrogen-bond acceptors (Lipinski definition) is 4. The van der Waals surface area contributed by atoms with Crippen LogP contribution in [-0.2, 0) is 4.79 Å². The number of anilines is 1. The fraction of sp³-hybridized carbons (Fsp3) is 0.308. The normalized spacial score (nSPS) is 11.4. The van der Waals surface area contributed by atoms with E-state index in [4.69, 9.17) is 4.42 Å². The molecule has 1 amide bonds. The van der Waals surface area contributed by atoms with Crippen molar-refractivity contribution in [1.29, 1.82) is 0 Å². The van der Waals surface area contributed by atoms with E-state index in [1.165, 1.54) is 0 Å². The summed E-state index contributed by atoms with van der Waals surface area (Å²) in [6, 6.07) is 7.58. The van der Waals surface area contributed by atoms with Gasteiger partial charge in [-0.2, -0.15) is 0 Å². The van der Waals surface area contributed by atoms with Crippen LogP contribution >= 0.6 is 15.9 Å². The van der Waals surface area contributed by atoms with E-state index in [1.807, 2.05) is 45.0 Å². The number of nitrogens with zero attached hydrogens (tertiary/aromatic N) is 2. The van der Waals surface area contributed by atoms with Gasteiger partial charge in [0.05, 0.1) is 0 Å². The molecule has 0 aliphatic heterocycles. The molecule has 5 nitrogen and oxygen atoms in total. The number of carbonyl (C=O) groups excluding carboxylic acids is 1. The van der Waals surface area contributed by atoms with Crippen LogP contribution in [0.2, 0.25) is 0 Å². The molecule has 0 atom stereocenters. The van der Waals surface area contributed by atoms with E-state index in [-0.39, 0.29) is 11.9 Å². The maximum atomic E-state index is 11.8. The summed E-state index contributed by atoms with van der Waals surface area (Å²) in [6.07, 6.45) is 0. The van der Waals surface area contributed by atoms with E-state index in [1.54, 1.807) is 0 Å². The van der Waals surface area contributed by atoms with Crippen LogP contribution in [-0.4, -0.2) is 16.1 Å². The first-order valence-electron chi connectivity index (χ1n) is 5.77. The van der Waals surface area contributed by atoms with Gasteiger partial charge in [0.15, 0.2) is 0 Å². The molecule has 2 rings (SSSR count). The average Bonchev–Trinajstić information content (AvgIpc) is 2.77. The van der Waals surface area contributed by atoms with Crippen LogP contribution in [0.25, 0.3) is 11.5 Å². The van der Waals surface area contributed by atoms with Gasteiger partial charge in [0.25, 0.3) is 0 Å². The summed E-state index contributed by atoms with van der Waals surface area (Å²) in [5, 5.41) is 10.3. The topological polar surface area (TPSA) is 68.0 Å². The second-order valence-corrected chi connectivity index (χ2v) is 6.04. The molecule has 1 aromatic carbocycles. The number of benzene rings is 1. The number of amides is 1. The minimum absolute atomic E-state index is 0.109. The predicted molar refractivity (Wildman–Crippen MR) is 75.5 cm³/mol. The summed E-state index contributed by atoms with van der Waals surface area (Å²) >= 11 is 3.35. The summed E-state index contributed by atoms with van der Waals surface area (Å²) in [4.78, 5) is 11.8. The van der Waals surface area contributed by atoms with E-state index in [2.05, 4.69) is 31.4 Å². The lowest BCUT2D eigenvalue weighted by atomic mass is 9.96. The van der Waals surface area contributed by atoms with Crippen molar-refractivity contribution < 1.29 is 9.21 Å². The Balaban J connectivity index is 2.16. The molecule has 0 bridgehead atoms. The molecule has 0 spiro atoms. The van der Waals surface area contributed by atoms with Crippen LogP contribution in [0.1, 0.15) is 20.8 Å². The van der Waals surface area contributed by atoms with Crippen LogP contribution in [0.15, 0.2) is 33.2 Å². The van der Waals surface area contributed by atoms with E-state index in [0.29, 0.717) is 5.89 Å². The van der Waals surface area contributed by atoms with E-state index < -0.39 is 5.41 Å². The van der Waals surface area contributed by atoms with E-state index in [9.17, 15) is 4.79 Å². The highest BCUT2D eigenvalue weighted by Crippen LogP contribution is 2.23. The van der Waals surface area contributed by atoms with Gasteiger partial charge in [-0.05, 0) is 24.3 Å². The van der Waals surface area contributed by atoms with Gasteiger partial charge in [0.1, 0.15) is 0 Å². The van der Waals surface area contributed by atoms with Crippen LogP contribution in [0.4, 0.5) is 6.01 Å². The third kappa shape index (κ3) is 3.41. The molecule has 2 aromatic rings. The highest BCUT2D eigenvalue weighted by atomic mass is 79.9. The predicted octanol–water partition coefficient (Wildman–Crippen LogP) is 3.48. The molecule has 100 valence electrons. The lowest BCUT2D eigenvalue weighted by Crippen LogP contribution is -2.27. The molecule has 0 aliphatic carbocycles. The van der Waals surface area contributed by atoms with Crippen LogP contribution in [0.5, 0.6) is 0 Å². The Morgan fingerprint density at radius 2 is 1.84 bits per heavy atom. The summed E-state index contributed by atoms with van der Waals surface area (Å²) in [6.45, 7) is 5.44. The second kappa shape index (κ2) is 5.13. The molecule has 0 unspecified atom stereocenters. The van der Waals surface area contributed by atoms with Gasteiger partial charge in [0.2, 0.25) is 11.8 Å². The Labute approximate surface area is 119 Å². The molecule has 6 heteroatoms. The van der Waals surface area contributed by atoms with Crippen molar-refractivity contribution in [2.75, 3.05) is 5.32 Å². The Morgan fingerprint density at radius 3 is 2.42 bits per heavy atom. The molecule has 0 aliphatic rings. The van der Waals surface area contributed by atoms with Crippen LogP contribution in [0, 0.1) is 5.41 Å². The smallest absolute Gasteiger partial charge is 0.322 e. The zero-order valence-corrected chi connectivity index (χ0v) is 12.5. The van der Waals surface area contributed by atoms with Gasteiger partial charge in [0, 0.05) is 15.5 Å². The summed E-state index contributed by atoms with van der Waals surface area (Å²) in [5.74, 6) is 0.204. The zero-order chi connectivity index (χ0) is 14.0. The average molecular weight is 324 g/mol. The second-order valence-electron chi connectivity index (χ2n) is 5.12. The number of hydrogen-bond donors (Lipinski definition) is 1. The molecule has 1 heterocycles. The molecule has 0 fully saturated rings. The Hall–Kier alpha value is -1.69. The molecule has 0 saturated heterocycles. The van der Waals surface area contributed by atoms with Crippen LogP contribution in [0.3, 0.4) is 0 Å². The third-order valence-electron chi connectivity index (χ3n) is 2.42. The van der Waals surface area contributed by atoms with Gasteiger partial charge in [-0.1, -0.05) is 41.8 Å². The molecule has 0 radical (unpaired) electrons. The molecular formula is C13H14BrN3O2. The zero-order valence-electron chi connectivity index (χ0n) is 10.9. The number of aromatic nitrogens is 2. The Bertz CT molecular complexity index is 585. The summed E-state index contributed by atoms with van der Waals surface area (Å²) in [7, 11) is 0. The maximum absolute atomic E-state index is 11.8. The Morgan fingerprint density at radius 1 is 1.21 bits per heavy atom. The van der Waals surface area contributed by atoms with E-state index in [0.717, 1.165) is 10.0 Å². The Kier molecular flexibility index (Phi) is 3.71. The van der Waals surface area contributed by atoms with Crippen molar-refractivity contribution in [3.63, 3.8) is 0 Å². The quantitative estimate of drug-likeness (QED) is 0.918. The number of halogens is 1. The largest absolute Gasteiger partial charge is 0.403 e. The maximum Gasteiger partial charge on any atom is 0.322 e. The molecule has 1 aromatic heterocycles. The first-order valence-corrected chi connectivity index (χ1v) is 6.56. The molecule has 19 heavy (non-hydrogen) atoms. The number of rotatable bonds is 2. The fourth-order valence-corrected chi connectivity index (χ4v) is 1.53. The fourth-order valence-electron chi connectivity index (χ4n) is 1.27. The minimum atomic E-state index is -0.508. The monoisotopic (exact) mass is 323 g/mol. The van der Waals surface area contributed by atoms with Crippen molar-refractivity contribution in [1.82, 2.24) is 10.2 Å². The lowest BCUT2D eigenvalue weighted by Gasteiger charge is -2.15. The SMILES string of the molecule is CC(C)(C)C(=O)Nc1nnc(-c2ccc(Br)cc2)o1. The summed E-state index contributed by atoms with van der Waals surface area (Å²) in [5.41, 5.74) is 0.290. The van der Waals surface area contributed by atoms with Gasteiger partial charge >= 0.3 is 6.01 Å². The molecular weight excluding hydrogens is 310 g/mol. The van der Waals surface area contributed by atoms with Crippen LogP contribution < -0.4 is 5.32 Å². The molecule has 0 saturated carbocycles. The highest BCUT2D eigenvalue weighted by molar-refractivity contribution is 9.10. The van der Waals surface area contributed by atoms with Crippen molar-refractivity contribution in [3.8, 4) is 11.5 Å². The third-order valence-corrected chi connectivity index (χ3v) is 2.95. The van der Waals surface area contributed by atoms with Gasteiger partial charge < -0.3 is 4.42 Å². The van der Waals surface area contributed by atoms with Crippen molar-refractivity contribution >= 4 is 27.9 Å². The highest BCUT2D eigenvalue weighted by Gasteiger charge is 2.23. The van der Waals surface area contributed by atoms with Crippen molar-refractivity contribution in [2.24, 2.45) is 5.41 Å². The van der Waals surface area contributed by atoms with Crippen molar-refractivity contribution in [2.45, 2.75) is 20.8 Å². The number of nitrogens with one attached hydrogen (secondary N) is 1. The van der Waals surface area contributed by atoms with Gasteiger partial charge in [-0.3, -0.25) is 10.1 Å². The lowest BCUT2D eigenvalue weighted by molar-refractivity contribution is -0.123. The first-order chi connectivity index (χ1) is 8.86. The molecule has 1 N–H and O–H groups in total. The standard InChI is InChI=1S/C13H14BrN3O2/c1-13(2,3)11(18)15-12-17-16-10(19-12)8-4-6-9(14)7-5-8/h4-7H,1-3H3,(H,15,17,18). The van der Waals surface area contributed by atoms with Gasteiger partial charge in [-0.25, -0.2) is 0 Å². The minimum Gasteiger partial charge on any atom is -0.403 e.